The van der Waals surface area contributed by atoms with Crippen LogP contribution in [0.4, 0.5) is 0 Å². The highest BCUT2D eigenvalue weighted by atomic mass is 16.4. The SMILES string of the molecule is CCc1cc(CC(O)c2occc2C)n(CC)n1. The maximum atomic E-state index is 10.2. The second kappa shape index (κ2) is 5.40. The molecule has 0 saturated carbocycles. The summed E-state index contributed by atoms with van der Waals surface area (Å²) < 4.78 is 7.27. The van der Waals surface area contributed by atoms with Crippen LogP contribution in [-0.4, -0.2) is 14.9 Å². The van der Waals surface area contributed by atoms with Gasteiger partial charge in [-0.15, -0.1) is 0 Å². The zero-order chi connectivity index (χ0) is 13.1. The zero-order valence-electron chi connectivity index (χ0n) is 11.2. The largest absolute Gasteiger partial charge is 0.466 e. The number of furan rings is 1. The summed E-state index contributed by atoms with van der Waals surface area (Å²) in [6.07, 6.45) is 2.46. The summed E-state index contributed by atoms with van der Waals surface area (Å²) in [6, 6.07) is 3.93. The van der Waals surface area contributed by atoms with Crippen LogP contribution in [0.2, 0.25) is 0 Å². The van der Waals surface area contributed by atoms with E-state index in [1.165, 1.54) is 0 Å². The van der Waals surface area contributed by atoms with Gasteiger partial charge in [-0.05, 0) is 38.0 Å². The molecule has 2 aromatic heterocycles. The predicted molar refractivity (Wildman–Crippen MR) is 69.4 cm³/mol. The number of hydrogen-bond acceptors (Lipinski definition) is 3. The van der Waals surface area contributed by atoms with Crippen LogP contribution < -0.4 is 0 Å². The minimum absolute atomic E-state index is 0.537. The van der Waals surface area contributed by atoms with Gasteiger partial charge in [0.25, 0.3) is 0 Å². The molecule has 0 aliphatic carbocycles. The Balaban J connectivity index is 2.18. The van der Waals surface area contributed by atoms with Crippen molar-refractivity contribution in [3.63, 3.8) is 0 Å². The monoisotopic (exact) mass is 248 g/mol. The average Bonchev–Trinajstić information content (AvgIpc) is 2.95. The molecule has 98 valence electrons. The number of hydrogen-bond donors (Lipinski definition) is 1. The topological polar surface area (TPSA) is 51.2 Å². The molecule has 0 bridgehead atoms. The quantitative estimate of drug-likeness (QED) is 0.885. The van der Waals surface area contributed by atoms with Gasteiger partial charge in [-0.1, -0.05) is 6.92 Å². The predicted octanol–water partition coefficient (Wildman–Crippen LogP) is 2.64. The van der Waals surface area contributed by atoms with Crippen molar-refractivity contribution >= 4 is 0 Å². The van der Waals surface area contributed by atoms with E-state index >= 15 is 0 Å². The molecule has 2 aromatic rings. The molecule has 0 aliphatic rings. The van der Waals surface area contributed by atoms with Gasteiger partial charge in [0.1, 0.15) is 11.9 Å². The Bertz CT molecular complexity index is 514. The number of nitrogens with zero attached hydrogens (tertiary/aromatic N) is 2. The summed E-state index contributed by atoms with van der Waals surface area (Å²) >= 11 is 0. The van der Waals surface area contributed by atoms with E-state index in [9.17, 15) is 5.11 Å². The van der Waals surface area contributed by atoms with Crippen molar-refractivity contribution in [2.45, 2.75) is 46.3 Å². The molecule has 4 nitrogen and oxygen atoms in total. The highest BCUT2D eigenvalue weighted by Gasteiger charge is 2.17. The molecule has 0 amide bonds. The molecule has 2 rings (SSSR count). The molecule has 1 atom stereocenters. The molecule has 0 fully saturated rings. The van der Waals surface area contributed by atoms with E-state index in [4.69, 9.17) is 4.42 Å². The van der Waals surface area contributed by atoms with Crippen molar-refractivity contribution in [1.82, 2.24) is 9.78 Å². The number of rotatable bonds is 5. The highest BCUT2D eigenvalue weighted by molar-refractivity contribution is 5.20. The van der Waals surface area contributed by atoms with Gasteiger partial charge >= 0.3 is 0 Å². The van der Waals surface area contributed by atoms with Crippen LogP contribution in [0.3, 0.4) is 0 Å². The second-order valence-corrected chi connectivity index (χ2v) is 4.48. The molecule has 1 N–H and O–H groups in total. The van der Waals surface area contributed by atoms with Crippen molar-refractivity contribution in [1.29, 1.82) is 0 Å². The normalized spacial score (nSPS) is 12.9. The summed E-state index contributed by atoms with van der Waals surface area (Å²) in [7, 11) is 0. The molecule has 0 radical (unpaired) electrons. The summed E-state index contributed by atoms with van der Waals surface area (Å²) in [5.41, 5.74) is 3.11. The highest BCUT2D eigenvalue weighted by Crippen LogP contribution is 2.22. The van der Waals surface area contributed by atoms with Gasteiger partial charge in [0, 0.05) is 18.7 Å². The van der Waals surface area contributed by atoms with Gasteiger partial charge in [0.05, 0.1) is 12.0 Å². The fourth-order valence-corrected chi connectivity index (χ4v) is 2.14. The number of aliphatic hydroxyl groups is 1. The van der Waals surface area contributed by atoms with Crippen molar-refractivity contribution in [3.05, 3.63) is 41.1 Å². The first-order chi connectivity index (χ1) is 8.65. The average molecular weight is 248 g/mol. The Morgan fingerprint density at radius 1 is 1.44 bits per heavy atom. The van der Waals surface area contributed by atoms with E-state index in [1.54, 1.807) is 6.26 Å². The fourth-order valence-electron chi connectivity index (χ4n) is 2.14. The summed E-state index contributed by atoms with van der Waals surface area (Å²) in [5, 5.41) is 14.7. The first-order valence-corrected chi connectivity index (χ1v) is 6.43. The number of aryl methyl sites for hydroxylation is 3. The lowest BCUT2D eigenvalue weighted by molar-refractivity contribution is 0.146. The number of aliphatic hydroxyl groups excluding tert-OH is 1. The minimum atomic E-state index is -0.605. The van der Waals surface area contributed by atoms with Crippen molar-refractivity contribution < 1.29 is 9.52 Å². The number of aromatic nitrogens is 2. The van der Waals surface area contributed by atoms with Crippen LogP contribution in [0.5, 0.6) is 0 Å². The third-order valence-electron chi connectivity index (χ3n) is 3.18. The Morgan fingerprint density at radius 2 is 2.22 bits per heavy atom. The molecule has 0 spiro atoms. The molecule has 18 heavy (non-hydrogen) atoms. The summed E-state index contributed by atoms with van der Waals surface area (Å²) in [5.74, 6) is 0.650. The molecule has 0 saturated heterocycles. The molecule has 2 heterocycles. The lowest BCUT2D eigenvalue weighted by Crippen LogP contribution is -2.08. The standard InChI is InChI=1S/C14H20N2O2/c1-4-11-8-12(16(5-2)15-11)9-13(17)14-10(3)6-7-18-14/h6-8,13,17H,4-5,9H2,1-3H3. The van der Waals surface area contributed by atoms with E-state index in [2.05, 4.69) is 25.0 Å². The van der Waals surface area contributed by atoms with Gasteiger partial charge in [-0.3, -0.25) is 4.68 Å². The lowest BCUT2D eigenvalue weighted by atomic mass is 10.1. The summed E-state index contributed by atoms with van der Waals surface area (Å²) in [4.78, 5) is 0. The van der Waals surface area contributed by atoms with E-state index in [-0.39, 0.29) is 0 Å². The smallest absolute Gasteiger partial charge is 0.135 e. The molecular weight excluding hydrogens is 228 g/mol. The first kappa shape index (κ1) is 12.9. The van der Waals surface area contributed by atoms with Gasteiger partial charge in [-0.25, -0.2) is 0 Å². The minimum Gasteiger partial charge on any atom is -0.466 e. The second-order valence-electron chi connectivity index (χ2n) is 4.48. The maximum Gasteiger partial charge on any atom is 0.135 e. The lowest BCUT2D eigenvalue weighted by Gasteiger charge is -2.10. The van der Waals surface area contributed by atoms with Crippen LogP contribution in [0.1, 0.15) is 42.7 Å². The zero-order valence-corrected chi connectivity index (χ0v) is 11.2. The van der Waals surface area contributed by atoms with Gasteiger partial charge in [0.2, 0.25) is 0 Å². The third kappa shape index (κ3) is 2.48. The molecule has 4 heteroatoms. The Morgan fingerprint density at radius 3 is 2.78 bits per heavy atom. The Labute approximate surface area is 107 Å². The van der Waals surface area contributed by atoms with E-state index in [0.29, 0.717) is 12.2 Å². The van der Waals surface area contributed by atoms with E-state index < -0.39 is 6.10 Å². The van der Waals surface area contributed by atoms with E-state index in [0.717, 1.165) is 29.9 Å². The Hall–Kier alpha value is -1.55. The Kier molecular flexibility index (Phi) is 3.87. The van der Waals surface area contributed by atoms with Crippen LogP contribution in [-0.2, 0) is 19.4 Å². The van der Waals surface area contributed by atoms with Gasteiger partial charge in [-0.2, -0.15) is 5.10 Å². The van der Waals surface area contributed by atoms with Gasteiger partial charge < -0.3 is 9.52 Å². The molecule has 0 aromatic carbocycles. The van der Waals surface area contributed by atoms with Crippen molar-refractivity contribution in [3.8, 4) is 0 Å². The van der Waals surface area contributed by atoms with Crippen LogP contribution >= 0.6 is 0 Å². The van der Waals surface area contributed by atoms with Crippen LogP contribution in [0, 0.1) is 6.92 Å². The fraction of sp³-hybridized carbons (Fsp3) is 0.500. The van der Waals surface area contributed by atoms with E-state index in [1.807, 2.05) is 17.7 Å². The first-order valence-electron chi connectivity index (χ1n) is 6.43. The van der Waals surface area contributed by atoms with Crippen LogP contribution in [0.15, 0.2) is 22.8 Å². The maximum absolute atomic E-state index is 10.2. The molecule has 0 aliphatic heterocycles. The molecular formula is C14H20N2O2. The van der Waals surface area contributed by atoms with Crippen molar-refractivity contribution in [2.75, 3.05) is 0 Å². The van der Waals surface area contributed by atoms with Crippen molar-refractivity contribution in [2.24, 2.45) is 0 Å². The third-order valence-corrected chi connectivity index (χ3v) is 3.18. The summed E-state index contributed by atoms with van der Waals surface area (Å²) in [6.45, 7) is 6.90. The van der Waals surface area contributed by atoms with Crippen LogP contribution in [0.25, 0.3) is 0 Å². The van der Waals surface area contributed by atoms with Gasteiger partial charge in [0.15, 0.2) is 0 Å². The molecule has 1 unspecified atom stereocenters.